The second-order valence-electron chi connectivity index (χ2n) is 22.9. The van der Waals surface area contributed by atoms with E-state index in [9.17, 15) is 19.0 Å². The summed E-state index contributed by atoms with van der Waals surface area (Å²) in [5.74, 6) is -0.550. The van der Waals surface area contributed by atoms with Crippen molar-refractivity contribution in [2.75, 3.05) is 40.9 Å². The summed E-state index contributed by atoms with van der Waals surface area (Å²) in [6.07, 6.45) is 83.5. The Balaban J connectivity index is 5.14. The molecule has 3 atom stereocenters. The molecule has 0 radical (unpaired) electrons. The molecule has 0 aliphatic carbocycles. The molecule has 81 heavy (non-hydrogen) atoms. The third-order valence-corrected chi connectivity index (χ3v) is 14.9. The number of hydrogen-bond acceptors (Lipinski definition) is 6. The van der Waals surface area contributed by atoms with Gasteiger partial charge in [-0.05, 0) is 115 Å². The third kappa shape index (κ3) is 60.8. The molecular weight excluding hydrogens is 1020 g/mol. The van der Waals surface area contributed by atoms with Gasteiger partial charge in [-0.2, -0.15) is 0 Å². The molecule has 464 valence electrons. The first-order chi connectivity index (χ1) is 39.4. The van der Waals surface area contributed by atoms with E-state index in [0.717, 1.165) is 128 Å². The number of nitrogens with one attached hydrogen (secondary N) is 1. The van der Waals surface area contributed by atoms with Gasteiger partial charge in [0.2, 0.25) is 5.91 Å². The number of ether oxygens (including phenoxy) is 1. The van der Waals surface area contributed by atoms with Crippen LogP contribution in [0.15, 0.2) is 122 Å². The Labute approximate surface area is 499 Å². The van der Waals surface area contributed by atoms with Gasteiger partial charge in [0.25, 0.3) is 0 Å². The van der Waals surface area contributed by atoms with Crippen LogP contribution in [0.3, 0.4) is 0 Å². The standard InChI is InChI=1S/C71H123N2O7P/c1-7-10-13-16-19-22-25-28-30-32-33-34-35-36-37-38-39-40-41-42-44-46-49-52-55-58-61-64-71(75)80-69(62-59-56-53-50-47-27-24-21-18-15-12-9-3)68(67-79-81(76,77)78-66-65-73(4,5)6)72-70(74)63-60-57-54-51-48-45-43-31-29-26-23-20-17-14-11-8-2/h10-11,13-14,19-20,22-23,28-31,33-34,36-37,45,48,59,62,68-69H,7-9,12,15-18,21,24-27,32,35,38-44,46-47,49-58,60-61,63-67H2,1-6H3,(H-,72,74,76,77)/p+1/b13-10-,14-11+,22-19-,23-20+,30-28-,31-29+,34-33-,37-36-,48-45+,62-59-. The zero-order chi connectivity index (χ0) is 59.3. The molecular formula is C71H124N2O7P+. The van der Waals surface area contributed by atoms with Crippen LogP contribution in [0.2, 0.25) is 0 Å². The molecule has 0 aliphatic rings. The van der Waals surface area contributed by atoms with Gasteiger partial charge >= 0.3 is 13.8 Å². The van der Waals surface area contributed by atoms with Crippen molar-refractivity contribution in [1.82, 2.24) is 5.32 Å². The maximum absolute atomic E-state index is 13.5. The van der Waals surface area contributed by atoms with Crippen LogP contribution in [0.5, 0.6) is 0 Å². The predicted octanol–water partition coefficient (Wildman–Crippen LogP) is 20.7. The maximum Gasteiger partial charge on any atom is 0.472 e. The topological polar surface area (TPSA) is 111 Å². The molecule has 10 heteroatoms. The van der Waals surface area contributed by atoms with Crippen LogP contribution in [-0.2, 0) is 27.9 Å². The lowest BCUT2D eigenvalue weighted by Gasteiger charge is -2.27. The molecule has 0 rings (SSSR count). The van der Waals surface area contributed by atoms with Crippen molar-refractivity contribution in [3.63, 3.8) is 0 Å². The van der Waals surface area contributed by atoms with Gasteiger partial charge in [-0.25, -0.2) is 4.57 Å². The van der Waals surface area contributed by atoms with Crippen molar-refractivity contribution in [1.29, 1.82) is 0 Å². The molecule has 0 aromatic heterocycles. The van der Waals surface area contributed by atoms with Gasteiger partial charge in [0.15, 0.2) is 0 Å². The van der Waals surface area contributed by atoms with Gasteiger partial charge < -0.3 is 19.4 Å². The van der Waals surface area contributed by atoms with Crippen LogP contribution in [0.25, 0.3) is 0 Å². The van der Waals surface area contributed by atoms with Gasteiger partial charge in [0, 0.05) is 12.8 Å². The maximum atomic E-state index is 13.5. The highest BCUT2D eigenvalue weighted by Crippen LogP contribution is 2.43. The number of nitrogens with zero attached hydrogens (tertiary/aromatic N) is 1. The van der Waals surface area contributed by atoms with Gasteiger partial charge in [-0.3, -0.25) is 18.6 Å². The summed E-state index contributed by atoms with van der Waals surface area (Å²) in [4.78, 5) is 37.8. The number of carbonyl (C=O) groups is 2. The van der Waals surface area contributed by atoms with E-state index >= 15 is 0 Å². The lowest BCUT2D eigenvalue weighted by atomic mass is 10.0. The molecule has 0 aliphatic heterocycles. The minimum atomic E-state index is -4.47. The number of unbranched alkanes of at least 4 members (excludes halogenated alkanes) is 24. The number of amides is 1. The number of allylic oxidation sites excluding steroid dienone is 19. The number of hydrogen-bond donors (Lipinski definition) is 2. The van der Waals surface area contributed by atoms with Gasteiger partial charge in [-0.15, -0.1) is 0 Å². The third-order valence-electron chi connectivity index (χ3n) is 13.9. The van der Waals surface area contributed by atoms with Crippen molar-refractivity contribution in [3.05, 3.63) is 122 Å². The normalized spacial score (nSPS) is 14.4. The largest absolute Gasteiger partial charge is 0.472 e. The average Bonchev–Trinajstić information content (AvgIpc) is 3.44. The van der Waals surface area contributed by atoms with E-state index in [0.29, 0.717) is 17.4 Å². The minimum absolute atomic E-state index is 0.0276. The van der Waals surface area contributed by atoms with Crippen LogP contribution in [0.1, 0.15) is 265 Å². The lowest BCUT2D eigenvalue weighted by Crippen LogP contribution is -2.47. The second kappa shape index (κ2) is 59.6. The van der Waals surface area contributed by atoms with Crippen LogP contribution >= 0.6 is 7.82 Å². The fourth-order valence-electron chi connectivity index (χ4n) is 8.90. The van der Waals surface area contributed by atoms with E-state index in [1.807, 2.05) is 33.3 Å². The number of phosphoric ester groups is 1. The molecule has 0 aromatic rings. The monoisotopic (exact) mass is 1150 g/mol. The fourth-order valence-corrected chi connectivity index (χ4v) is 9.63. The zero-order valence-corrected chi connectivity index (χ0v) is 53.9. The number of rotatable bonds is 58. The summed E-state index contributed by atoms with van der Waals surface area (Å²) in [6.45, 7) is 6.75. The van der Waals surface area contributed by atoms with Crippen molar-refractivity contribution >= 4 is 19.7 Å². The van der Waals surface area contributed by atoms with Gasteiger partial charge in [0.1, 0.15) is 19.3 Å². The molecule has 3 unspecified atom stereocenters. The molecule has 0 spiro atoms. The Morgan fingerprint density at radius 2 is 0.790 bits per heavy atom. The van der Waals surface area contributed by atoms with Crippen LogP contribution in [0.4, 0.5) is 0 Å². The predicted molar refractivity (Wildman–Crippen MR) is 350 cm³/mol. The van der Waals surface area contributed by atoms with E-state index in [-0.39, 0.29) is 37.9 Å². The molecule has 0 saturated carbocycles. The van der Waals surface area contributed by atoms with Gasteiger partial charge in [0.05, 0.1) is 33.8 Å². The number of likely N-dealkylation sites (N-methyl/N-ethyl adjacent to an activating group) is 1. The molecule has 0 bridgehead atoms. The van der Waals surface area contributed by atoms with E-state index in [1.54, 1.807) is 0 Å². The quantitative estimate of drug-likeness (QED) is 0.0205. The molecule has 0 fully saturated rings. The average molecular weight is 1150 g/mol. The highest BCUT2D eigenvalue weighted by atomic mass is 31.2. The number of quaternary nitrogens is 1. The van der Waals surface area contributed by atoms with E-state index in [1.165, 1.54) is 96.3 Å². The number of phosphoric acid groups is 1. The van der Waals surface area contributed by atoms with Crippen LogP contribution in [-0.4, -0.2) is 74.3 Å². The summed E-state index contributed by atoms with van der Waals surface area (Å²) < 4.78 is 30.7. The van der Waals surface area contributed by atoms with Crippen molar-refractivity contribution in [3.8, 4) is 0 Å². The first kappa shape index (κ1) is 77.4. The van der Waals surface area contributed by atoms with E-state index in [4.69, 9.17) is 13.8 Å². The SMILES string of the molecule is CC/C=C\C/C=C\C/C=C\C/C=C\C/C=C\CCCCCCCCCCCCCC(=O)OC(/C=C\CCCCCCCCCCCC)C(COP(=O)(O)OCC[N+](C)(C)C)NC(=O)CCCCC/C=C/C/C=C/C/C=C/C/C=C/CC. The molecule has 2 N–H and O–H groups in total. The Morgan fingerprint density at radius 3 is 1.20 bits per heavy atom. The summed E-state index contributed by atoms with van der Waals surface area (Å²) in [7, 11) is 1.46. The highest BCUT2D eigenvalue weighted by molar-refractivity contribution is 7.47. The first-order valence-corrected chi connectivity index (χ1v) is 34.4. The minimum Gasteiger partial charge on any atom is -0.456 e. The van der Waals surface area contributed by atoms with Crippen molar-refractivity contribution in [2.45, 2.75) is 277 Å². The summed E-state index contributed by atoms with van der Waals surface area (Å²) in [6, 6.07) is -0.874. The van der Waals surface area contributed by atoms with Crippen LogP contribution in [0, 0.1) is 0 Å². The molecule has 0 heterocycles. The Morgan fingerprint density at radius 1 is 0.444 bits per heavy atom. The smallest absolute Gasteiger partial charge is 0.456 e. The summed E-state index contributed by atoms with van der Waals surface area (Å²) in [5, 5.41) is 3.04. The fraction of sp³-hybridized carbons (Fsp3) is 0.690. The Bertz CT molecular complexity index is 1800. The first-order valence-electron chi connectivity index (χ1n) is 32.9. The van der Waals surface area contributed by atoms with Crippen LogP contribution < -0.4 is 5.32 Å². The molecule has 0 saturated heterocycles. The lowest BCUT2D eigenvalue weighted by molar-refractivity contribution is -0.870. The Hall–Kier alpha value is -3.59. The molecule has 9 nitrogen and oxygen atoms in total. The molecule has 0 aromatic carbocycles. The van der Waals surface area contributed by atoms with Crippen molar-refractivity contribution in [2.24, 2.45) is 0 Å². The summed E-state index contributed by atoms with van der Waals surface area (Å²) in [5.41, 5.74) is 0. The number of carbonyl (C=O) groups excluding carboxylic acids is 2. The van der Waals surface area contributed by atoms with E-state index < -0.39 is 20.0 Å². The van der Waals surface area contributed by atoms with Gasteiger partial charge in [-0.1, -0.05) is 258 Å². The Kier molecular flexibility index (Phi) is 56.9. The highest BCUT2D eigenvalue weighted by Gasteiger charge is 2.30. The summed E-state index contributed by atoms with van der Waals surface area (Å²) >= 11 is 0. The second-order valence-corrected chi connectivity index (χ2v) is 24.3. The van der Waals surface area contributed by atoms with Crippen molar-refractivity contribution < 1.29 is 37.3 Å². The van der Waals surface area contributed by atoms with E-state index in [2.05, 4.69) is 135 Å². The number of esters is 1. The zero-order valence-electron chi connectivity index (χ0n) is 53.0. The molecule has 1 amide bonds.